The second-order valence-electron chi connectivity index (χ2n) is 4.75. The minimum Gasteiger partial charge on any atom is -0.387 e. The lowest BCUT2D eigenvalue weighted by Gasteiger charge is -2.15. The van der Waals surface area contributed by atoms with Gasteiger partial charge in [-0.1, -0.05) is 24.3 Å². The van der Waals surface area contributed by atoms with Gasteiger partial charge in [0.25, 0.3) is 0 Å². The molecule has 3 rings (SSSR count). The fraction of sp³-hybridized carbons (Fsp3) is 0.188. The van der Waals surface area contributed by atoms with Crippen LogP contribution in [-0.2, 0) is 0 Å². The van der Waals surface area contributed by atoms with Crippen LogP contribution in [0.3, 0.4) is 0 Å². The van der Waals surface area contributed by atoms with E-state index in [1.807, 2.05) is 48.7 Å². The molecule has 102 valence electrons. The number of thiophene rings is 1. The van der Waals surface area contributed by atoms with E-state index in [1.165, 1.54) is 0 Å². The van der Waals surface area contributed by atoms with E-state index < -0.39 is 6.10 Å². The minimum absolute atomic E-state index is 0.488. The highest BCUT2D eigenvalue weighted by Crippen LogP contribution is 2.27. The van der Waals surface area contributed by atoms with Gasteiger partial charge < -0.3 is 10.4 Å². The quantitative estimate of drug-likeness (QED) is 0.767. The van der Waals surface area contributed by atoms with Gasteiger partial charge in [0.2, 0.25) is 0 Å². The van der Waals surface area contributed by atoms with Crippen molar-refractivity contribution < 1.29 is 5.11 Å². The molecule has 1 unspecified atom stereocenters. The molecule has 0 fully saturated rings. The number of hydrogen-bond donors (Lipinski definition) is 2. The molecule has 2 heterocycles. The number of aryl methyl sites for hydroxylation is 1. The normalized spacial score (nSPS) is 12.5. The molecule has 1 aromatic carbocycles. The zero-order chi connectivity index (χ0) is 13.9. The number of rotatable bonds is 4. The largest absolute Gasteiger partial charge is 0.387 e. The van der Waals surface area contributed by atoms with Crippen LogP contribution in [0.25, 0.3) is 10.2 Å². The van der Waals surface area contributed by atoms with Crippen molar-refractivity contribution >= 4 is 27.2 Å². The van der Waals surface area contributed by atoms with Crippen LogP contribution >= 0.6 is 11.3 Å². The van der Waals surface area contributed by atoms with Crippen molar-refractivity contribution in [2.24, 2.45) is 0 Å². The molecule has 0 aliphatic heterocycles. The maximum atomic E-state index is 10.3. The Hall–Kier alpha value is -1.91. The lowest BCUT2D eigenvalue weighted by atomic mass is 10.0. The molecule has 0 aliphatic carbocycles. The van der Waals surface area contributed by atoms with E-state index in [9.17, 15) is 5.11 Å². The molecule has 0 aliphatic rings. The summed E-state index contributed by atoms with van der Waals surface area (Å²) in [6.45, 7) is 2.50. The van der Waals surface area contributed by atoms with Gasteiger partial charge in [-0.05, 0) is 35.6 Å². The Morgan fingerprint density at radius 1 is 1.25 bits per heavy atom. The van der Waals surface area contributed by atoms with Gasteiger partial charge >= 0.3 is 0 Å². The van der Waals surface area contributed by atoms with Gasteiger partial charge in [-0.15, -0.1) is 11.3 Å². The van der Waals surface area contributed by atoms with Crippen molar-refractivity contribution in [2.75, 3.05) is 11.9 Å². The Kier molecular flexibility index (Phi) is 3.67. The van der Waals surface area contributed by atoms with Crippen LogP contribution < -0.4 is 5.32 Å². The van der Waals surface area contributed by atoms with Crippen molar-refractivity contribution in [3.63, 3.8) is 0 Å². The highest BCUT2D eigenvalue weighted by molar-refractivity contribution is 7.17. The topological polar surface area (TPSA) is 45.1 Å². The molecular weight excluding hydrogens is 268 g/mol. The van der Waals surface area contributed by atoms with Crippen LogP contribution in [0.2, 0.25) is 0 Å². The second kappa shape index (κ2) is 5.61. The summed E-state index contributed by atoms with van der Waals surface area (Å²) in [5.41, 5.74) is 4.09. The third-order valence-corrected chi connectivity index (χ3v) is 4.31. The predicted octanol–water partition coefficient (Wildman–Crippen LogP) is 3.75. The smallest absolute Gasteiger partial charge is 0.0964 e. The lowest BCUT2D eigenvalue weighted by Crippen LogP contribution is -2.13. The van der Waals surface area contributed by atoms with Gasteiger partial charge in [-0.2, -0.15) is 0 Å². The summed E-state index contributed by atoms with van der Waals surface area (Å²) in [6.07, 6.45) is 1.27. The fourth-order valence-corrected chi connectivity index (χ4v) is 3.13. The van der Waals surface area contributed by atoms with E-state index >= 15 is 0 Å². The maximum Gasteiger partial charge on any atom is 0.0964 e. The number of benzene rings is 1. The lowest BCUT2D eigenvalue weighted by molar-refractivity contribution is 0.191. The average Bonchev–Trinajstić information content (AvgIpc) is 2.94. The van der Waals surface area contributed by atoms with Crippen molar-refractivity contribution in [3.8, 4) is 0 Å². The molecule has 0 saturated carbocycles. The number of fused-ring (bicyclic) bond motifs is 1. The zero-order valence-corrected chi connectivity index (χ0v) is 12.0. The molecule has 0 bridgehead atoms. The minimum atomic E-state index is -0.514. The molecule has 0 radical (unpaired) electrons. The number of anilines is 1. The van der Waals surface area contributed by atoms with Crippen molar-refractivity contribution in [1.29, 1.82) is 0 Å². The van der Waals surface area contributed by atoms with Crippen LogP contribution in [0.15, 0.2) is 48.0 Å². The first-order valence-electron chi connectivity index (χ1n) is 6.55. The summed E-state index contributed by atoms with van der Waals surface area (Å²) in [4.78, 5) is 4.31. The Labute approximate surface area is 121 Å². The number of aliphatic hydroxyl groups excluding tert-OH is 1. The van der Waals surface area contributed by atoms with Crippen molar-refractivity contribution in [1.82, 2.24) is 4.98 Å². The van der Waals surface area contributed by atoms with Gasteiger partial charge in [0, 0.05) is 12.7 Å². The summed E-state index contributed by atoms with van der Waals surface area (Å²) >= 11 is 1.66. The van der Waals surface area contributed by atoms with Gasteiger partial charge in [-0.25, -0.2) is 0 Å². The van der Waals surface area contributed by atoms with E-state index in [0.29, 0.717) is 6.54 Å². The molecule has 20 heavy (non-hydrogen) atoms. The van der Waals surface area contributed by atoms with E-state index in [2.05, 4.69) is 10.3 Å². The van der Waals surface area contributed by atoms with Crippen LogP contribution in [0.1, 0.15) is 17.2 Å². The van der Waals surface area contributed by atoms with Gasteiger partial charge in [0.05, 0.1) is 22.0 Å². The highest BCUT2D eigenvalue weighted by Gasteiger charge is 2.10. The zero-order valence-electron chi connectivity index (χ0n) is 11.2. The highest BCUT2D eigenvalue weighted by atomic mass is 32.1. The Morgan fingerprint density at radius 2 is 2.10 bits per heavy atom. The summed E-state index contributed by atoms with van der Waals surface area (Å²) in [5, 5.41) is 15.7. The predicted molar refractivity (Wildman–Crippen MR) is 84.2 cm³/mol. The number of aliphatic hydroxyl groups is 1. The third-order valence-electron chi connectivity index (χ3n) is 3.38. The molecule has 3 aromatic rings. The molecule has 1 atom stereocenters. The van der Waals surface area contributed by atoms with Gasteiger partial charge in [0.1, 0.15) is 0 Å². The monoisotopic (exact) mass is 284 g/mol. The molecule has 0 amide bonds. The Bertz CT molecular complexity index is 723. The first kappa shape index (κ1) is 13.1. The fourth-order valence-electron chi connectivity index (χ4n) is 2.29. The van der Waals surface area contributed by atoms with Crippen molar-refractivity contribution in [2.45, 2.75) is 13.0 Å². The first-order valence-corrected chi connectivity index (χ1v) is 7.43. The molecule has 3 nitrogen and oxygen atoms in total. The molecule has 0 spiro atoms. The van der Waals surface area contributed by atoms with Gasteiger partial charge in [0.15, 0.2) is 0 Å². The Morgan fingerprint density at radius 3 is 2.95 bits per heavy atom. The third kappa shape index (κ3) is 2.53. The number of nitrogens with zero attached hydrogens (tertiary/aromatic N) is 1. The molecule has 2 aromatic heterocycles. The standard InChI is InChI=1S/C16H16N2OS/c1-11-4-2-3-5-12(11)15(19)10-18-13-6-8-17-14-7-9-20-16(13)14/h2-9,15,19H,10H2,1H3,(H,17,18). The van der Waals surface area contributed by atoms with Crippen LogP contribution in [0.4, 0.5) is 5.69 Å². The van der Waals surface area contributed by atoms with E-state index in [1.54, 1.807) is 17.5 Å². The van der Waals surface area contributed by atoms with Gasteiger partial charge in [-0.3, -0.25) is 4.98 Å². The maximum absolute atomic E-state index is 10.3. The summed E-state index contributed by atoms with van der Waals surface area (Å²) in [5.74, 6) is 0. The van der Waals surface area contributed by atoms with Crippen molar-refractivity contribution in [3.05, 3.63) is 59.1 Å². The second-order valence-corrected chi connectivity index (χ2v) is 5.66. The van der Waals surface area contributed by atoms with E-state index in [0.717, 1.165) is 27.0 Å². The summed E-state index contributed by atoms with van der Waals surface area (Å²) in [7, 11) is 0. The molecule has 0 saturated heterocycles. The molecular formula is C16H16N2OS. The number of nitrogens with one attached hydrogen (secondary N) is 1. The van der Waals surface area contributed by atoms with Crippen LogP contribution in [0, 0.1) is 6.92 Å². The van der Waals surface area contributed by atoms with Crippen LogP contribution in [0.5, 0.6) is 0 Å². The molecule has 4 heteroatoms. The van der Waals surface area contributed by atoms with Crippen LogP contribution in [-0.4, -0.2) is 16.6 Å². The Balaban J connectivity index is 1.76. The summed E-state index contributed by atoms with van der Waals surface area (Å²) < 4.78 is 1.13. The summed E-state index contributed by atoms with van der Waals surface area (Å²) in [6, 6.07) is 11.9. The van der Waals surface area contributed by atoms with E-state index in [-0.39, 0.29) is 0 Å². The van der Waals surface area contributed by atoms with E-state index in [4.69, 9.17) is 0 Å². The first-order chi connectivity index (χ1) is 9.75. The number of pyridine rings is 1. The number of aromatic nitrogens is 1. The number of hydrogen-bond acceptors (Lipinski definition) is 4. The average molecular weight is 284 g/mol. The molecule has 2 N–H and O–H groups in total. The SMILES string of the molecule is Cc1ccccc1C(O)CNc1ccnc2ccsc12.